The van der Waals surface area contributed by atoms with Crippen LogP contribution in [0, 0.1) is 6.92 Å². The third-order valence-electron chi connectivity index (χ3n) is 3.11. The fourth-order valence-electron chi connectivity index (χ4n) is 1.82. The van der Waals surface area contributed by atoms with Crippen molar-refractivity contribution in [2.24, 2.45) is 0 Å². The molecule has 0 bridgehead atoms. The summed E-state index contributed by atoms with van der Waals surface area (Å²) in [5.41, 5.74) is -0.444. The van der Waals surface area contributed by atoms with Gasteiger partial charge in [-0.1, -0.05) is 17.7 Å². The second-order valence-electron chi connectivity index (χ2n) is 5.21. The number of nitrogens with one attached hydrogen (secondary N) is 2. The van der Waals surface area contributed by atoms with E-state index in [1.807, 2.05) is 0 Å². The molecule has 0 aliphatic carbocycles. The van der Waals surface area contributed by atoms with E-state index >= 15 is 0 Å². The molecule has 2 aromatic heterocycles. The van der Waals surface area contributed by atoms with Crippen LogP contribution in [0.15, 0.2) is 34.9 Å². The number of pyridine rings is 1. The predicted octanol–water partition coefficient (Wildman–Crippen LogP) is 2.34. The summed E-state index contributed by atoms with van der Waals surface area (Å²) in [6, 6.07) is 6.49. The lowest BCUT2D eigenvalue weighted by molar-refractivity contribution is 0.0359. The highest BCUT2D eigenvalue weighted by Crippen LogP contribution is 2.21. The number of urea groups is 1. The molecular formula is C15H18ClN3O3. The molecule has 118 valence electrons. The maximum absolute atomic E-state index is 11.8. The molecule has 3 N–H and O–H groups in total. The van der Waals surface area contributed by atoms with Gasteiger partial charge in [-0.05, 0) is 37.6 Å². The van der Waals surface area contributed by atoms with Gasteiger partial charge in [0.1, 0.15) is 22.3 Å². The molecule has 1 unspecified atom stereocenters. The summed E-state index contributed by atoms with van der Waals surface area (Å²) >= 11 is 5.69. The lowest BCUT2D eigenvalue weighted by Crippen LogP contribution is -2.43. The van der Waals surface area contributed by atoms with Crippen molar-refractivity contribution in [3.8, 4) is 0 Å². The molecule has 0 radical (unpaired) electrons. The number of carbonyl (C=O) groups is 1. The van der Waals surface area contributed by atoms with Gasteiger partial charge in [0.2, 0.25) is 0 Å². The zero-order valence-electron chi connectivity index (χ0n) is 12.4. The van der Waals surface area contributed by atoms with Gasteiger partial charge in [-0.2, -0.15) is 0 Å². The lowest BCUT2D eigenvalue weighted by Gasteiger charge is -2.21. The van der Waals surface area contributed by atoms with E-state index < -0.39 is 11.6 Å². The summed E-state index contributed by atoms with van der Waals surface area (Å²) in [7, 11) is 0. The summed E-state index contributed by atoms with van der Waals surface area (Å²) in [5, 5.41) is 16.0. The van der Waals surface area contributed by atoms with Gasteiger partial charge in [-0.3, -0.25) is 0 Å². The van der Waals surface area contributed by atoms with Crippen molar-refractivity contribution in [3.05, 3.63) is 52.7 Å². The van der Waals surface area contributed by atoms with Crippen LogP contribution in [-0.2, 0) is 12.1 Å². The first-order valence-electron chi connectivity index (χ1n) is 6.78. The number of aromatic nitrogens is 1. The zero-order valence-corrected chi connectivity index (χ0v) is 13.1. The predicted molar refractivity (Wildman–Crippen MR) is 82.5 cm³/mol. The second-order valence-corrected chi connectivity index (χ2v) is 5.60. The van der Waals surface area contributed by atoms with Gasteiger partial charge in [-0.25, -0.2) is 9.78 Å². The Balaban J connectivity index is 1.81. The van der Waals surface area contributed by atoms with Crippen molar-refractivity contribution in [2.75, 3.05) is 6.54 Å². The molecule has 1 atom stereocenters. The minimum absolute atomic E-state index is 0.0324. The first-order valence-corrected chi connectivity index (χ1v) is 7.16. The Labute approximate surface area is 133 Å². The number of hydrogen-bond acceptors (Lipinski definition) is 4. The van der Waals surface area contributed by atoms with Gasteiger partial charge >= 0.3 is 6.03 Å². The van der Waals surface area contributed by atoms with E-state index in [0.717, 1.165) is 5.56 Å². The first-order chi connectivity index (χ1) is 10.4. The van der Waals surface area contributed by atoms with Crippen LogP contribution >= 0.6 is 11.6 Å². The molecule has 22 heavy (non-hydrogen) atoms. The number of aryl methyl sites for hydroxylation is 1. The Morgan fingerprint density at radius 1 is 1.36 bits per heavy atom. The molecule has 0 aliphatic rings. The van der Waals surface area contributed by atoms with Crippen LogP contribution in [0.4, 0.5) is 4.79 Å². The van der Waals surface area contributed by atoms with Gasteiger partial charge in [0, 0.05) is 12.7 Å². The number of aliphatic hydroxyl groups is 1. The highest BCUT2D eigenvalue weighted by molar-refractivity contribution is 6.29. The normalized spacial score (nSPS) is 13.5. The fourth-order valence-corrected chi connectivity index (χ4v) is 1.93. The largest absolute Gasteiger partial charge is 0.463 e. The van der Waals surface area contributed by atoms with E-state index in [0.29, 0.717) is 23.2 Å². The Hall–Kier alpha value is -2.05. The number of furan rings is 1. The van der Waals surface area contributed by atoms with Crippen LogP contribution in [0.5, 0.6) is 0 Å². The Bertz CT molecular complexity index is 638. The van der Waals surface area contributed by atoms with Crippen LogP contribution in [0.1, 0.15) is 24.0 Å². The van der Waals surface area contributed by atoms with Crippen LogP contribution in [0.2, 0.25) is 5.15 Å². The summed E-state index contributed by atoms with van der Waals surface area (Å²) in [4.78, 5) is 15.7. The fraction of sp³-hybridized carbons (Fsp3) is 0.333. The summed E-state index contributed by atoms with van der Waals surface area (Å²) < 4.78 is 5.38. The van der Waals surface area contributed by atoms with Crippen molar-refractivity contribution < 1.29 is 14.3 Å². The Morgan fingerprint density at radius 3 is 2.73 bits per heavy atom. The van der Waals surface area contributed by atoms with Crippen LogP contribution in [-0.4, -0.2) is 22.7 Å². The topological polar surface area (TPSA) is 87.4 Å². The quantitative estimate of drug-likeness (QED) is 0.737. The third-order valence-corrected chi connectivity index (χ3v) is 3.33. The van der Waals surface area contributed by atoms with Gasteiger partial charge < -0.3 is 20.2 Å². The van der Waals surface area contributed by atoms with Gasteiger partial charge in [0.25, 0.3) is 0 Å². The number of hydrogen-bond donors (Lipinski definition) is 3. The number of halogens is 1. The molecule has 2 aromatic rings. The molecule has 0 fully saturated rings. The average molecular weight is 324 g/mol. The molecule has 0 saturated carbocycles. The van der Waals surface area contributed by atoms with Crippen molar-refractivity contribution in [2.45, 2.75) is 26.0 Å². The summed E-state index contributed by atoms with van der Waals surface area (Å²) in [6.45, 7) is 3.72. The molecular weight excluding hydrogens is 306 g/mol. The third kappa shape index (κ3) is 4.47. The summed E-state index contributed by atoms with van der Waals surface area (Å²) in [6.07, 6.45) is 1.59. The standard InChI is InChI=1S/C15H18ClN3O3/c1-10-3-5-12(22-10)15(2,21)9-19-14(20)18-8-11-4-6-13(16)17-7-11/h3-7,21H,8-9H2,1-2H3,(H2,18,19,20). The van der Waals surface area contributed by atoms with Crippen LogP contribution in [0.3, 0.4) is 0 Å². The van der Waals surface area contributed by atoms with Crippen molar-refractivity contribution in [1.29, 1.82) is 0 Å². The van der Waals surface area contributed by atoms with E-state index in [4.69, 9.17) is 16.0 Å². The lowest BCUT2D eigenvalue weighted by atomic mass is 10.0. The monoisotopic (exact) mass is 323 g/mol. The van der Waals surface area contributed by atoms with Crippen molar-refractivity contribution in [1.82, 2.24) is 15.6 Å². The molecule has 2 amide bonds. The van der Waals surface area contributed by atoms with Gasteiger partial charge in [0.05, 0.1) is 6.54 Å². The van der Waals surface area contributed by atoms with Gasteiger partial charge in [-0.15, -0.1) is 0 Å². The zero-order chi connectivity index (χ0) is 16.2. The van der Waals surface area contributed by atoms with Crippen LogP contribution < -0.4 is 10.6 Å². The highest BCUT2D eigenvalue weighted by Gasteiger charge is 2.27. The first kappa shape index (κ1) is 16.3. The smallest absolute Gasteiger partial charge is 0.315 e. The molecule has 7 heteroatoms. The number of rotatable bonds is 5. The highest BCUT2D eigenvalue weighted by atomic mass is 35.5. The molecule has 2 heterocycles. The molecule has 0 aromatic carbocycles. The second kappa shape index (κ2) is 6.81. The van der Waals surface area contributed by atoms with Crippen molar-refractivity contribution in [3.63, 3.8) is 0 Å². The SMILES string of the molecule is Cc1ccc(C(C)(O)CNC(=O)NCc2ccc(Cl)nc2)o1. The maximum atomic E-state index is 11.8. The van der Waals surface area contributed by atoms with E-state index in [1.54, 1.807) is 44.3 Å². The van der Waals surface area contributed by atoms with E-state index in [9.17, 15) is 9.90 Å². The van der Waals surface area contributed by atoms with Crippen molar-refractivity contribution >= 4 is 17.6 Å². The molecule has 6 nitrogen and oxygen atoms in total. The van der Waals surface area contributed by atoms with E-state index in [2.05, 4.69) is 15.6 Å². The Morgan fingerprint density at radius 2 is 2.14 bits per heavy atom. The molecule has 0 aliphatic heterocycles. The molecule has 0 saturated heterocycles. The maximum Gasteiger partial charge on any atom is 0.315 e. The number of carbonyl (C=O) groups excluding carboxylic acids is 1. The molecule has 2 rings (SSSR count). The Kier molecular flexibility index (Phi) is 5.05. The number of nitrogens with zero attached hydrogens (tertiary/aromatic N) is 1. The number of amides is 2. The van der Waals surface area contributed by atoms with E-state index in [1.165, 1.54) is 0 Å². The van der Waals surface area contributed by atoms with Crippen LogP contribution in [0.25, 0.3) is 0 Å². The summed E-state index contributed by atoms with van der Waals surface area (Å²) in [5.74, 6) is 1.11. The van der Waals surface area contributed by atoms with Gasteiger partial charge in [0.15, 0.2) is 0 Å². The minimum Gasteiger partial charge on any atom is -0.463 e. The minimum atomic E-state index is -1.27. The van der Waals surface area contributed by atoms with E-state index in [-0.39, 0.29) is 6.54 Å². The average Bonchev–Trinajstić information content (AvgIpc) is 2.92. The molecule has 0 spiro atoms.